The molecule has 8 nitrogen and oxygen atoms in total. The van der Waals surface area contributed by atoms with Crippen LogP contribution in [0.1, 0.15) is 21.7 Å². The molecule has 140 valence electrons. The van der Waals surface area contributed by atoms with Crippen LogP contribution in [-0.2, 0) is 16.6 Å². The van der Waals surface area contributed by atoms with E-state index in [1.54, 1.807) is 18.3 Å². The van der Waals surface area contributed by atoms with Gasteiger partial charge in [-0.05, 0) is 48.9 Å². The van der Waals surface area contributed by atoms with Gasteiger partial charge in [-0.2, -0.15) is 17.6 Å². The van der Waals surface area contributed by atoms with Crippen molar-refractivity contribution in [3.63, 3.8) is 0 Å². The standard InChI is InChI=1S/C18H18N4O4S/c1-13-3-4-14(19-11-13)12-20-18(23)17-9-10-22(21-17)27(24,25)16-7-5-15(26-2)6-8-16/h3-11H,12H2,1-2H3,(H,20,23). The van der Waals surface area contributed by atoms with Crippen molar-refractivity contribution >= 4 is 15.9 Å². The number of benzene rings is 1. The summed E-state index contributed by atoms with van der Waals surface area (Å²) in [5.74, 6) is 0.0558. The molecule has 3 aromatic rings. The Balaban J connectivity index is 1.72. The van der Waals surface area contributed by atoms with Crippen molar-refractivity contribution in [3.8, 4) is 5.75 Å². The molecule has 0 atom stereocenters. The SMILES string of the molecule is COc1ccc(S(=O)(=O)n2ccc(C(=O)NCc3ccc(C)cn3)n2)cc1. The van der Waals surface area contributed by atoms with E-state index in [4.69, 9.17) is 4.74 Å². The van der Waals surface area contributed by atoms with E-state index in [2.05, 4.69) is 15.4 Å². The molecule has 1 amide bonds. The first-order valence-corrected chi connectivity index (χ1v) is 9.49. The summed E-state index contributed by atoms with van der Waals surface area (Å²) in [4.78, 5) is 16.5. The number of hydrogen-bond acceptors (Lipinski definition) is 6. The third-order valence-corrected chi connectivity index (χ3v) is 5.37. The third-order valence-electron chi connectivity index (χ3n) is 3.81. The number of pyridine rings is 1. The summed E-state index contributed by atoms with van der Waals surface area (Å²) in [6.45, 7) is 2.14. The summed E-state index contributed by atoms with van der Waals surface area (Å²) in [5, 5.41) is 6.56. The minimum Gasteiger partial charge on any atom is -0.497 e. The smallest absolute Gasteiger partial charge is 0.282 e. The number of aryl methyl sites for hydroxylation is 1. The van der Waals surface area contributed by atoms with E-state index in [1.807, 2.05) is 19.1 Å². The van der Waals surface area contributed by atoms with Gasteiger partial charge < -0.3 is 10.1 Å². The molecule has 0 aliphatic carbocycles. The van der Waals surface area contributed by atoms with Crippen LogP contribution in [0.5, 0.6) is 5.75 Å². The second-order valence-electron chi connectivity index (χ2n) is 5.76. The topological polar surface area (TPSA) is 103 Å². The zero-order valence-corrected chi connectivity index (χ0v) is 15.6. The third kappa shape index (κ3) is 4.14. The van der Waals surface area contributed by atoms with Gasteiger partial charge in [-0.1, -0.05) is 6.07 Å². The van der Waals surface area contributed by atoms with E-state index < -0.39 is 15.9 Å². The van der Waals surface area contributed by atoms with Crippen molar-refractivity contribution in [3.05, 3.63) is 71.8 Å². The zero-order valence-electron chi connectivity index (χ0n) is 14.8. The average Bonchev–Trinajstić information content (AvgIpc) is 3.18. The lowest BCUT2D eigenvalue weighted by molar-refractivity contribution is 0.0945. The van der Waals surface area contributed by atoms with Crippen LogP contribution in [0.4, 0.5) is 0 Å². The van der Waals surface area contributed by atoms with Crippen molar-refractivity contribution < 1.29 is 17.9 Å². The second-order valence-corrected chi connectivity index (χ2v) is 7.56. The van der Waals surface area contributed by atoms with Crippen LogP contribution >= 0.6 is 0 Å². The van der Waals surface area contributed by atoms with Gasteiger partial charge in [-0.25, -0.2) is 0 Å². The van der Waals surface area contributed by atoms with Crippen LogP contribution in [0.3, 0.4) is 0 Å². The summed E-state index contributed by atoms with van der Waals surface area (Å²) < 4.78 is 31.0. The predicted molar refractivity (Wildman–Crippen MR) is 97.9 cm³/mol. The van der Waals surface area contributed by atoms with Gasteiger partial charge in [0.05, 0.1) is 24.2 Å². The maximum absolute atomic E-state index is 12.6. The molecule has 0 spiro atoms. The highest BCUT2D eigenvalue weighted by molar-refractivity contribution is 7.89. The first kappa shape index (κ1) is 18.6. The molecule has 1 aromatic carbocycles. The highest BCUT2D eigenvalue weighted by Crippen LogP contribution is 2.17. The second kappa shape index (κ2) is 7.58. The van der Waals surface area contributed by atoms with Gasteiger partial charge in [0.25, 0.3) is 15.9 Å². The first-order valence-electron chi connectivity index (χ1n) is 8.05. The van der Waals surface area contributed by atoms with Gasteiger partial charge in [0.15, 0.2) is 5.69 Å². The molecular weight excluding hydrogens is 368 g/mol. The number of carbonyl (C=O) groups excluding carboxylic acids is 1. The molecule has 27 heavy (non-hydrogen) atoms. The molecule has 0 aliphatic heterocycles. The highest BCUT2D eigenvalue weighted by atomic mass is 32.2. The maximum Gasteiger partial charge on any atom is 0.282 e. The van der Waals surface area contributed by atoms with E-state index in [1.165, 1.54) is 31.5 Å². The molecule has 0 radical (unpaired) electrons. The number of carbonyl (C=O) groups is 1. The number of rotatable bonds is 6. The van der Waals surface area contributed by atoms with Gasteiger partial charge in [0, 0.05) is 12.4 Å². The molecule has 2 heterocycles. The van der Waals surface area contributed by atoms with Gasteiger partial charge in [-0.3, -0.25) is 9.78 Å². The molecule has 3 rings (SSSR count). The summed E-state index contributed by atoms with van der Waals surface area (Å²) in [5.41, 5.74) is 1.71. The lowest BCUT2D eigenvalue weighted by Crippen LogP contribution is -2.24. The van der Waals surface area contributed by atoms with Crippen molar-refractivity contribution in [1.29, 1.82) is 0 Å². The number of ether oxygens (including phenoxy) is 1. The lowest BCUT2D eigenvalue weighted by atomic mass is 10.3. The van der Waals surface area contributed by atoms with Crippen LogP contribution < -0.4 is 10.1 Å². The summed E-state index contributed by atoms with van der Waals surface area (Å²) >= 11 is 0. The van der Waals surface area contributed by atoms with Gasteiger partial charge in [0.1, 0.15) is 5.75 Å². The molecule has 0 saturated carbocycles. The van der Waals surface area contributed by atoms with E-state index in [0.29, 0.717) is 11.4 Å². The predicted octanol–water partition coefficient (Wildman–Crippen LogP) is 1.76. The van der Waals surface area contributed by atoms with Crippen molar-refractivity contribution in [1.82, 2.24) is 19.5 Å². The molecule has 2 aromatic heterocycles. The van der Waals surface area contributed by atoms with Crippen molar-refractivity contribution in [2.45, 2.75) is 18.4 Å². The van der Waals surface area contributed by atoms with Crippen LogP contribution in [0.25, 0.3) is 0 Å². The number of amides is 1. The minimum atomic E-state index is -3.89. The first-order chi connectivity index (χ1) is 12.9. The quantitative estimate of drug-likeness (QED) is 0.692. The molecule has 0 saturated heterocycles. The Hall–Kier alpha value is -3.20. The Morgan fingerprint density at radius 3 is 2.52 bits per heavy atom. The molecule has 0 unspecified atom stereocenters. The fourth-order valence-electron chi connectivity index (χ4n) is 2.28. The normalized spacial score (nSPS) is 11.2. The highest BCUT2D eigenvalue weighted by Gasteiger charge is 2.20. The van der Waals surface area contributed by atoms with Crippen molar-refractivity contribution in [2.24, 2.45) is 0 Å². The van der Waals surface area contributed by atoms with Gasteiger partial charge in [0.2, 0.25) is 0 Å². The van der Waals surface area contributed by atoms with Gasteiger partial charge >= 0.3 is 0 Å². The number of aromatic nitrogens is 3. The van der Waals surface area contributed by atoms with Crippen LogP contribution in [0, 0.1) is 6.92 Å². The van der Waals surface area contributed by atoms with Crippen LogP contribution in [0.2, 0.25) is 0 Å². The molecule has 0 aliphatic rings. The Kier molecular flexibility index (Phi) is 5.22. The number of hydrogen-bond donors (Lipinski definition) is 1. The van der Waals surface area contributed by atoms with E-state index in [-0.39, 0.29) is 17.1 Å². The summed E-state index contributed by atoms with van der Waals surface area (Å²) in [6, 6.07) is 11.0. The van der Waals surface area contributed by atoms with E-state index in [9.17, 15) is 13.2 Å². The minimum absolute atomic E-state index is 0.000742. The molecular formula is C18H18N4O4S. The average molecular weight is 386 g/mol. The van der Waals surface area contributed by atoms with Gasteiger partial charge in [-0.15, -0.1) is 0 Å². The van der Waals surface area contributed by atoms with E-state index in [0.717, 1.165) is 9.65 Å². The monoisotopic (exact) mass is 386 g/mol. The Labute approximate surface area is 156 Å². The fourth-order valence-corrected chi connectivity index (χ4v) is 3.39. The maximum atomic E-state index is 12.6. The molecule has 0 fully saturated rings. The van der Waals surface area contributed by atoms with Crippen molar-refractivity contribution in [2.75, 3.05) is 7.11 Å². The molecule has 9 heteroatoms. The Bertz CT molecular complexity index is 1040. The number of methoxy groups -OCH3 is 1. The molecule has 1 N–H and O–H groups in total. The fraction of sp³-hybridized carbons (Fsp3) is 0.167. The van der Waals surface area contributed by atoms with E-state index >= 15 is 0 Å². The number of nitrogens with zero attached hydrogens (tertiary/aromatic N) is 3. The molecule has 0 bridgehead atoms. The zero-order chi connectivity index (χ0) is 19.4. The largest absolute Gasteiger partial charge is 0.497 e. The Morgan fingerprint density at radius 1 is 1.15 bits per heavy atom. The summed E-state index contributed by atoms with van der Waals surface area (Å²) in [7, 11) is -2.40. The Morgan fingerprint density at radius 2 is 1.89 bits per heavy atom. The number of nitrogens with one attached hydrogen (secondary N) is 1. The summed E-state index contributed by atoms with van der Waals surface area (Å²) in [6.07, 6.45) is 2.94. The lowest BCUT2D eigenvalue weighted by Gasteiger charge is -2.06. The van der Waals surface area contributed by atoms with Crippen LogP contribution in [-0.4, -0.2) is 35.6 Å². The van der Waals surface area contributed by atoms with Crippen LogP contribution in [0.15, 0.2) is 59.8 Å².